The van der Waals surface area contributed by atoms with Crippen LogP contribution in [0.4, 0.5) is 0 Å². The van der Waals surface area contributed by atoms with E-state index in [1.807, 2.05) is 0 Å². The lowest BCUT2D eigenvalue weighted by Crippen LogP contribution is -1.91. The molecule has 5 aromatic carbocycles. The molecule has 0 fully saturated rings. The molecular weight excluding hydrogens is 392 g/mol. The molecule has 0 saturated heterocycles. The minimum absolute atomic E-state index is 0.926. The molecule has 0 saturated carbocycles. The van der Waals surface area contributed by atoms with Crippen molar-refractivity contribution in [2.75, 3.05) is 0 Å². The molecule has 0 amide bonds. The van der Waals surface area contributed by atoms with Crippen molar-refractivity contribution in [2.45, 2.75) is 26.7 Å². The fraction of sp³-hybridized carbons (Fsp3) is 0.133. The molecule has 0 aliphatic heterocycles. The highest BCUT2D eigenvalue weighted by Crippen LogP contribution is 2.46. The van der Waals surface area contributed by atoms with Crippen LogP contribution < -0.4 is 0 Å². The Hall–Kier alpha value is -3.78. The predicted molar refractivity (Wildman–Crippen MR) is 135 cm³/mol. The molecule has 2 nitrogen and oxygen atoms in total. The summed E-state index contributed by atoms with van der Waals surface area (Å²) in [6, 6.07) is 26.0. The average molecular weight is 415 g/mol. The lowest BCUT2D eigenvalue weighted by Gasteiger charge is -2.17. The van der Waals surface area contributed by atoms with Gasteiger partial charge in [-0.2, -0.15) is 0 Å². The minimum atomic E-state index is 0.926. The highest BCUT2D eigenvalue weighted by Gasteiger charge is 2.20. The number of fused-ring (bicyclic) bond motifs is 6. The van der Waals surface area contributed by atoms with Gasteiger partial charge in [-0.3, -0.25) is 0 Å². The monoisotopic (exact) mass is 414 g/mol. The second kappa shape index (κ2) is 6.37. The number of aryl methyl sites for hydroxylation is 2. The summed E-state index contributed by atoms with van der Waals surface area (Å²) in [6.45, 7) is 4.41. The molecule has 7 aromatic rings. The fourth-order valence-electron chi connectivity index (χ4n) is 5.39. The van der Waals surface area contributed by atoms with Gasteiger partial charge in [0, 0.05) is 32.3 Å². The summed E-state index contributed by atoms with van der Waals surface area (Å²) in [5, 5.41) is 9.71. The van der Waals surface area contributed by atoms with E-state index in [9.17, 15) is 0 Å². The number of rotatable bonds is 2. The van der Waals surface area contributed by atoms with Crippen LogP contribution in [0.1, 0.15) is 25.0 Å². The largest absolute Gasteiger partial charge is 0.456 e. The van der Waals surface area contributed by atoms with Gasteiger partial charge in [0.2, 0.25) is 0 Å². The van der Waals surface area contributed by atoms with E-state index in [1.165, 1.54) is 54.2 Å². The maximum Gasteiger partial charge on any atom is 0.135 e. The molecule has 2 heterocycles. The van der Waals surface area contributed by atoms with E-state index in [2.05, 4.69) is 86.6 Å². The third-order valence-electron chi connectivity index (χ3n) is 6.98. The zero-order valence-corrected chi connectivity index (χ0v) is 18.2. The predicted octanol–water partition coefficient (Wildman–Crippen LogP) is 8.92. The third-order valence-corrected chi connectivity index (χ3v) is 6.98. The Morgan fingerprint density at radius 2 is 0.938 bits per heavy atom. The molecular formula is C30H22O2. The molecule has 0 aliphatic carbocycles. The van der Waals surface area contributed by atoms with Gasteiger partial charge in [-0.25, -0.2) is 0 Å². The molecule has 7 rings (SSSR count). The van der Waals surface area contributed by atoms with Gasteiger partial charge < -0.3 is 8.83 Å². The van der Waals surface area contributed by atoms with E-state index < -0.39 is 0 Å². The van der Waals surface area contributed by atoms with E-state index in [0.717, 1.165) is 35.2 Å². The summed E-state index contributed by atoms with van der Waals surface area (Å²) < 4.78 is 12.9. The smallest absolute Gasteiger partial charge is 0.135 e. The first-order valence-corrected chi connectivity index (χ1v) is 11.4. The molecule has 0 spiro atoms. The normalized spacial score (nSPS) is 12.3. The van der Waals surface area contributed by atoms with E-state index in [4.69, 9.17) is 8.83 Å². The van der Waals surface area contributed by atoms with Crippen molar-refractivity contribution >= 4 is 65.4 Å². The van der Waals surface area contributed by atoms with Gasteiger partial charge in [0.25, 0.3) is 0 Å². The van der Waals surface area contributed by atoms with Gasteiger partial charge in [0.05, 0.1) is 0 Å². The van der Waals surface area contributed by atoms with Crippen LogP contribution in [0.5, 0.6) is 0 Å². The molecule has 32 heavy (non-hydrogen) atoms. The van der Waals surface area contributed by atoms with Crippen LogP contribution in [0.3, 0.4) is 0 Å². The first kappa shape index (κ1) is 17.9. The van der Waals surface area contributed by atoms with E-state index >= 15 is 0 Å². The first-order valence-electron chi connectivity index (χ1n) is 11.4. The molecule has 2 heteroatoms. The van der Waals surface area contributed by atoms with Crippen LogP contribution in [0, 0.1) is 0 Å². The molecule has 0 N–H and O–H groups in total. The van der Waals surface area contributed by atoms with Gasteiger partial charge in [-0.05, 0) is 71.1 Å². The highest BCUT2D eigenvalue weighted by molar-refractivity contribution is 6.40. The van der Waals surface area contributed by atoms with E-state index in [-0.39, 0.29) is 0 Å². The van der Waals surface area contributed by atoms with Crippen LogP contribution >= 0.6 is 0 Å². The Bertz CT molecular complexity index is 1710. The molecule has 0 bridgehead atoms. The standard InChI is InChI=1S/C30H22O2/c1-3-17-11-13-23-21(15-17)29-27-19(7-5-9-25(27)31-23)20-8-6-10-26-28(20)30(29)22-16-18(4-2)12-14-24(22)32-26/h5-16H,3-4H2,1-2H3. The van der Waals surface area contributed by atoms with Gasteiger partial charge >= 0.3 is 0 Å². The van der Waals surface area contributed by atoms with Gasteiger partial charge in [-0.1, -0.05) is 50.2 Å². The minimum Gasteiger partial charge on any atom is -0.456 e. The van der Waals surface area contributed by atoms with Crippen molar-refractivity contribution < 1.29 is 8.83 Å². The summed E-state index contributed by atoms with van der Waals surface area (Å²) >= 11 is 0. The Labute approximate surface area is 185 Å². The Morgan fingerprint density at radius 1 is 0.469 bits per heavy atom. The average Bonchev–Trinajstić information content (AvgIpc) is 2.85. The van der Waals surface area contributed by atoms with E-state index in [1.54, 1.807) is 0 Å². The van der Waals surface area contributed by atoms with Crippen LogP contribution in [0.2, 0.25) is 0 Å². The summed E-state index contributed by atoms with van der Waals surface area (Å²) in [7, 11) is 0. The van der Waals surface area contributed by atoms with Crippen molar-refractivity contribution in [3.63, 3.8) is 0 Å². The summed E-state index contributed by atoms with van der Waals surface area (Å²) in [6.07, 6.45) is 1.98. The summed E-state index contributed by atoms with van der Waals surface area (Å²) in [5.41, 5.74) is 6.34. The summed E-state index contributed by atoms with van der Waals surface area (Å²) in [5.74, 6) is 0. The Balaban J connectivity index is 1.93. The second-order valence-corrected chi connectivity index (χ2v) is 8.68. The number of benzene rings is 5. The molecule has 0 radical (unpaired) electrons. The van der Waals surface area contributed by atoms with Gasteiger partial charge in [0.15, 0.2) is 0 Å². The number of hydrogen-bond donors (Lipinski definition) is 0. The van der Waals surface area contributed by atoms with Gasteiger partial charge in [-0.15, -0.1) is 0 Å². The maximum atomic E-state index is 6.45. The topological polar surface area (TPSA) is 26.3 Å². The SMILES string of the molecule is CCc1ccc2oc3cccc4c5cccc6oc7ccc(CC)cc7c(c65)c(c2c1)c34. The molecule has 2 aromatic heterocycles. The number of hydrogen-bond acceptors (Lipinski definition) is 2. The van der Waals surface area contributed by atoms with Crippen LogP contribution in [0.15, 0.2) is 81.6 Å². The van der Waals surface area contributed by atoms with Crippen LogP contribution in [-0.2, 0) is 12.8 Å². The summed E-state index contributed by atoms with van der Waals surface area (Å²) in [4.78, 5) is 0. The molecule has 0 aliphatic rings. The van der Waals surface area contributed by atoms with Crippen molar-refractivity contribution in [3.8, 4) is 0 Å². The maximum absolute atomic E-state index is 6.45. The first-order chi connectivity index (χ1) is 15.8. The molecule has 0 unspecified atom stereocenters. The highest BCUT2D eigenvalue weighted by atomic mass is 16.3. The molecule has 0 atom stereocenters. The lowest BCUT2D eigenvalue weighted by atomic mass is 9.89. The van der Waals surface area contributed by atoms with Crippen molar-refractivity contribution in [2.24, 2.45) is 0 Å². The zero-order valence-electron chi connectivity index (χ0n) is 18.2. The molecule has 154 valence electrons. The van der Waals surface area contributed by atoms with Crippen molar-refractivity contribution in [1.82, 2.24) is 0 Å². The fourth-order valence-corrected chi connectivity index (χ4v) is 5.39. The quantitative estimate of drug-likeness (QED) is 0.208. The van der Waals surface area contributed by atoms with Crippen molar-refractivity contribution in [1.29, 1.82) is 0 Å². The zero-order chi connectivity index (χ0) is 21.4. The Morgan fingerprint density at radius 3 is 1.38 bits per heavy atom. The van der Waals surface area contributed by atoms with Gasteiger partial charge in [0.1, 0.15) is 22.3 Å². The third kappa shape index (κ3) is 2.24. The Kier molecular flexibility index (Phi) is 3.55. The lowest BCUT2D eigenvalue weighted by molar-refractivity contribution is 0.660. The van der Waals surface area contributed by atoms with Crippen LogP contribution in [-0.4, -0.2) is 0 Å². The van der Waals surface area contributed by atoms with E-state index in [0.29, 0.717) is 0 Å². The van der Waals surface area contributed by atoms with Crippen molar-refractivity contribution in [3.05, 3.63) is 83.9 Å². The second-order valence-electron chi connectivity index (χ2n) is 8.68. The van der Waals surface area contributed by atoms with Crippen LogP contribution in [0.25, 0.3) is 65.4 Å².